The Kier molecular flexibility index (Phi) is 8.53. The van der Waals surface area contributed by atoms with Gasteiger partial charge in [-0.05, 0) is 97.3 Å². The largest absolute Gasteiger partial charge is 0.497 e. The topological polar surface area (TPSA) is 97.6 Å². The number of aryl methyl sites for hydroxylation is 1. The van der Waals surface area contributed by atoms with Gasteiger partial charge < -0.3 is 15.2 Å². The number of carboxylic acids is 1. The summed E-state index contributed by atoms with van der Waals surface area (Å²) in [5, 5.41) is 13.0. The summed E-state index contributed by atoms with van der Waals surface area (Å²) in [6, 6.07) is 20.2. The molecule has 0 spiro atoms. The van der Waals surface area contributed by atoms with Crippen LogP contribution in [0.5, 0.6) is 5.75 Å². The lowest BCUT2D eigenvalue weighted by atomic mass is 10.0. The van der Waals surface area contributed by atoms with Crippen molar-refractivity contribution in [1.29, 1.82) is 0 Å². The third-order valence-corrected chi connectivity index (χ3v) is 6.37. The Bertz CT molecular complexity index is 1490. The minimum atomic E-state index is -0.855. The molecule has 1 aromatic heterocycles. The molecule has 3 aromatic carbocycles. The number of pyridine rings is 1. The van der Waals surface area contributed by atoms with Crippen molar-refractivity contribution < 1.29 is 23.8 Å². The zero-order valence-corrected chi connectivity index (χ0v) is 21.1. The Morgan fingerprint density at radius 2 is 1.68 bits per heavy atom. The molecule has 8 heteroatoms. The van der Waals surface area contributed by atoms with Gasteiger partial charge in [-0.1, -0.05) is 12.1 Å². The molecule has 1 heterocycles. The first kappa shape index (κ1) is 26.6. The van der Waals surface area contributed by atoms with Crippen molar-refractivity contribution in [2.24, 2.45) is 0 Å². The van der Waals surface area contributed by atoms with Crippen LogP contribution in [0.4, 0.5) is 4.39 Å². The lowest BCUT2D eigenvalue weighted by Gasteiger charge is -2.16. The number of fused-ring (bicyclic) bond motifs is 1. The summed E-state index contributed by atoms with van der Waals surface area (Å²) in [6.45, 7) is 0.385. The number of aliphatic carboxylic acids is 1. The van der Waals surface area contributed by atoms with Crippen LogP contribution in [0.2, 0.25) is 0 Å². The van der Waals surface area contributed by atoms with Crippen LogP contribution >= 0.6 is 0 Å². The number of carbonyl (C=O) groups excluding carboxylic acids is 1. The van der Waals surface area contributed by atoms with Crippen molar-refractivity contribution in [3.05, 3.63) is 106 Å². The molecule has 4 rings (SSSR count). The number of ether oxygens (including phenoxy) is 1. The van der Waals surface area contributed by atoms with Crippen molar-refractivity contribution in [2.75, 3.05) is 13.7 Å². The maximum absolute atomic E-state index is 13.6. The monoisotopic (exact) mass is 516 g/mol. The van der Waals surface area contributed by atoms with E-state index in [0.717, 1.165) is 11.3 Å². The number of methoxy groups -OCH3 is 1. The maximum Gasteiger partial charge on any atom is 0.303 e. The number of halogens is 1. The van der Waals surface area contributed by atoms with Gasteiger partial charge in [-0.3, -0.25) is 19.0 Å². The first-order chi connectivity index (χ1) is 18.4. The normalized spacial score (nSPS) is 10.9. The quantitative estimate of drug-likeness (QED) is 0.276. The van der Waals surface area contributed by atoms with Crippen molar-refractivity contribution in [3.63, 3.8) is 0 Å². The molecule has 7 nitrogen and oxygen atoms in total. The van der Waals surface area contributed by atoms with Gasteiger partial charge in [0.1, 0.15) is 11.6 Å². The Labute approximate surface area is 219 Å². The smallest absolute Gasteiger partial charge is 0.303 e. The van der Waals surface area contributed by atoms with Gasteiger partial charge in [0.2, 0.25) is 0 Å². The number of carbonyl (C=O) groups is 2. The number of rotatable bonds is 11. The lowest BCUT2D eigenvalue weighted by Crippen LogP contribution is -2.26. The van der Waals surface area contributed by atoms with Gasteiger partial charge in [0.05, 0.1) is 7.11 Å². The molecule has 0 saturated carbocycles. The molecule has 0 atom stereocenters. The van der Waals surface area contributed by atoms with E-state index in [4.69, 9.17) is 9.84 Å². The molecule has 1 amide bonds. The van der Waals surface area contributed by atoms with Gasteiger partial charge in [-0.2, -0.15) is 0 Å². The molecule has 0 aliphatic rings. The summed E-state index contributed by atoms with van der Waals surface area (Å²) in [7, 11) is 1.57. The fourth-order valence-corrected chi connectivity index (χ4v) is 4.37. The first-order valence-corrected chi connectivity index (χ1v) is 12.4. The average molecular weight is 517 g/mol. The van der Waals surface area contributed by atoms with E-state index in [0.29, 0.717) is 60.0 Å². The van der Waals surface area contributed by atoms with Crippen LogP contribution in [-0.2, 0) is 17.6 Å². The second-order valence-corrected chi connectivity index (χ2v) is 9.01. The van der Waals surface area contributed by atoms with E-state index in [1.54, 1.807) is 66.3 Å². The van der Waals surface area contributed by atoms with Gasteiger partial charge in [0.15, 0.2) is 0 Å². The highest BCUT2D eigenvalue weighted by atomic mass is 19.1. The van der Waals surface area contributed by atoms with E-state index < -0.39 is 5.97 Å². The summed E-state index contributed by atoms with van der Waals surface area (Å²) < 4.78 is 20.0. The van der Waals surface area contributed by atoms with E-state index in [9.17, 15) is 18.8 Å². The van der Waals surface area contributed by atoms with Gasteiger partial charge >= 0.3 is 5.97 Å². The van der Waals surface area contributed by atoms with Crippen LogP contribution in [-0.4, -0.2) is 35.2 Å². The van der Waals surface area contributed by atoms with E-state index in [1.165, 1.54) is 12.1 Å². The highest BCUT2D eigenvalue weighted by Crippen LogP contribution is 2.21. The first-order valence-electron chi connectivity index (χ1n) is 12.4. The number of nitrogens with zero attached hydrogens (tertiary/aromatic N) is 1. The van der Waals surface area contributed by atoms with Crippen molar-refractivity contribution in [2.45, 2.75) is 32.1 Å². The molecule has 0 saturated heterocycles. The van der Waals surface area contributed by atoms with E-state index in [-0.39, 0.29) is 23.7 Å². The summed E-state index contributed by atoms with van der Waals surface area (Å²) in [4.78, 5) is 37.3. The number of aromatic nitrogens is 1. The Morgan fingerprint density at radius 1 is 0.947 bits per heavy atom. The van der Waals surface area contributed by atoms with Crippen LogP contribution in [0.3, 0.4) is 0 Å². The molecule has 0 fully saturated rings. The second kappa shape index (κ2) is 12.2. The van der Waals surface area contributed by atoms with E-state index in [2.05, 4.69) is 5.32 Å². The van der Waals surface area contributed by atoms with E-state index in [1.807, 2.05) is 6.07 Å². The van der Waals surface area contributed by atoms with Crippen molar-refractivity contribution in [1.82, 2.24) is 9.88 Å². The number of carboxylic acid groups (broad SMARTS) is 1. The highest BCUT2D eigenvalue weighted by molar-refractivity contribution is 5.98. The van der Waals surface area contributed by atoms with Gasteiger partial charge in [-0.15, -0.1) is 0 Å². The van der Waals surface area contributed by atoms with Crippen molar-refractivity contribution >= 4 is 22.6 Å². The average Bonchev–Trinajstić information content (AvgIpc) is 2.92. The second-order valence-electron chi connectivity index (χ2n) is 9.01. The lowest BCUT2D eigenvalue weighted by molar-refractivity contribution is -0.137. The van der Waals surface area contributed by atoms with Crippen LogP contribution < -0.4 is 15.6 Å². The molecule has 0 aliphatic carbocycles. The summed E-state index contributed by atoms with van der Waals surface area (Å²) in [5.41, 5.74) is 2.52. The van der Waals surface area contributed by atoms with Gasteiger partial charge in [0.25, 0.3) is 11.5 Å². The Balaban J connectivity index is 1.60. The predicted octanol–water partition coefficient (Wildman–Crippen LogP) is 4.91. The van der Waals surface area contributed by atoms with Crippen LogP contribution in [0.15, 0.2) is 77.6 Å². The minimum Gasteiger partial charge on any atom is -0.497 e. The van der Waals surface area contributed by atoms with Gasteiger partial charge in [-0.25, -0.2) is 4.39 Å². The number of amides is 1. The highest BCUT2D eigenvalue weighted by Gasteiger charge is 2.14. The third kappa shape index (κ3) is 6.45. The summed E-state index contributed by atoms with van der Waals surface area (Å²) in [5.74, 6) is -0.760. The molecule has 4 aromatic rings. The summed E-state index contributed by atoms with van der Waals surface area (Å²) >= 11 is 0. The third-order valence-electron chi connectivity index (χ3n) is 6.37. The fraction of sp³-hybridized carbons (Fsp3) is 0.233. The molecule has 2 N–H and O–H groups in total. The predicted molar refractivity (Wildman–Crippen MR) is 144 cm³/mol. The van der Waals surface area contributed by atoms with Crippen LogP contribution in [0, 0.1) is 5.82 Å². The summed E-state index contributed by atoms with van der Waals surface area (Å²) in [6.07, 6.45) is 2.20. The molecule has 38 heavy (non-hydrogen) atoms. The molecule has 0 aliphatic heterocycles. The molecule has 196 valence electrons. The Morgan fingerprint density at radius 3 is 2.37 bits per heavy atom. The maximum atomic E-state index is 13.6. The number of benzene rings is 3. The van der Waals surface area contributed by atoms with Gasteiger partial charge in [0, 0.05) is 35.3 Å². The number of unbranched alkanes of at least 4 members (excludes halogenated alkanes) is 1. The SMILES string of the molecule is COc1ccc(-n2c(CCCCC(=O)O)cc3cc(C(=O)NCCc4ccc(F)cc4)ccc3c2=O)cc1. The van der Waals surface area contributed by atoms with Crippen LogP contribution in [0.25, 0.3) is 16.5 Å². The molecule has 0 unspecified atom stereocenters. The number of hydrogen-bond acceptors (Lipinski definition) is 4. The van der Waals surface area contributed by atoms with Crippen molar-refractivity contribution in [3.8, 4) is 11.4 Å². The number of hydrogen-bond donors (Lipinski definition) is 2. The Hall–Kier alpha value is -4.46. The molecular formula is C30H29FN2O5. The molecule has 0 bridgehead atoms. The number of nitrogens with one attached hydrogen (secondary N) is 1. The molecular weight excluding hydrogens is 487 g/mol. The zero-order valence-electron chi connectivity index (χ0n) is 21.1. The zero-order chi connectivity index (χ0) is 27.1. The molecule has 0 radical (unpaired) electrons. The standard InChI is InChI=1S/C30H29FN2O5/c1-38-26-13-11-24(12-14-26)33-25(4-2-3-5-28(34)35)19-22-18-21(8-15-27(22)30(33)37)29(36)32-17-16-20-6-9-23(31)10-7-20/h6-15,18-19H,2-5,16-17H2,1H3,(H,32,36)(H,34,35). The van der Waals surface area contributed by atoms with E-state index >= 15 is 0 Å². The minimum absolute atomic E-state index is 0.0581. The van der Waals surface area contributed by atoms with Crippen LogP contribution in [0.1, 0.15) is 40.9 Å². The fourth-order valence-electron chi connectivity index (χ4n) is 4.37.